The van der Waals surface area contributed by atoms with Crippen molar-refractivity contribution in [3.8, 4) is 0 Å². The Kier molecular flexibility index (Phi) is 6.39. The normalized spacial score (nSPS) is 19.4. The summed E-state index contributed by atoms with van der Waals surface area (Å²) in [6, 6.07) is 7.00. The highest BCUT2D eigenvalue weighted by Crippen LogP contribution is 2.25. The summed E-state index contributed by atoms with van der Waals surface area (Å²) < 4.78 is 26.5. The lowest BCUT2D eigenvalue weighted by Gasteiger charge is -2.22. The molecular formula is C15H24N2O2S2. The van der Waals surface area contributed by atoms with Crippen molar-refractivity contribution >= 4 is 27.5 Å². The minimum absolute atomic E-state index is 0.327. The van der Waals surface area contributed by atoms with Gasteiger partial charge in [0.15, 0.2) is 0 Å². The second-order valence-corrected chi connectivity index (χ2v) is 8.47. The van der Waals surface area contributed by atoms with Crippen LogP contribution in [0.4, 0.5) is 5.69 Å². The van der Waals surface area contributed by atoms with Gasteiger partial charge in [0.05, 0.1) is 4.90 Å². The molecular weight excluding hydrogens is 304 g/mol. The number of rotatable bonds is 7. The molecule has 1 aromatic rings. The Labute approximate surface area is 132 Å². The summed E-state index contributed by atoms with van der Waals surface area (Å²) in [5.74, 6) is 1.26. The van der Waals surface area contributed by atoms with Crippen molar-refractivity contribution in [1.82, 2.24) is 4.72 Å². The summed E-state index contributed by atoms with van der Waals surface area (Å²) in [5.41, 5.74) is 0.982. The smallest absolute Gasteiger partial charge is 0.240 e. The minimum atomic E-state index is -3.36. The zero-order valence-corrected chi connectivity index (χ0v) is 14.1. The van der Waals surface area contributed by atoms with Gasteiger partial charge in [-0.3, -0.25) is 0 Å². The van der Waals surface area contributed by atoms with Crippen LogP contribution in [-0.2, 0) is 10.0 Å². The van der Waals surface area contributed by atoms with Crippen molar-refractivity contribution in [2.45, 2.75) is 42.8 Å². The molecule has 21 heavy (non-hydrogen) atoms. The lowest BCUT2D eigenvalue weighted by molar-refractivity contribution is 0.581. The molecule has 1 aliphatic heterocycles. The summed E-state index contributed by atoms with van der Waals surface area (Å²) in [7, 11) is -3.36. The highest BCUT2D eigenvalue weighted by molar-refractivity contribution is 7.99. The van der Waals surface area contributed by atoms with Crippen molar-refractivity contribution in [3.05, 3.63) is 24.3 Å². The number of sulfonamides is 1. The van der Waals surface area contributed by atoms with E-state index in [1.54, 1.807) is 12.1 Å². The van der Waals surface area contributed by atoms with Crippen LogP contribution in [0.15, 0.2) is 29.2 Å². The maximum absolute atomic E-state index is 12.0. The van der Waals surface area contributed by atoms with E-state index in [0.717, 1.165) is 18.7 Å². The largest absolute Gasteiger partial charge is 0.384 e. The van der Waals surface area contributed by atoms with Gasteiger partial charge >= 0.3 is 0 Å². The van der Waals surface area contributed by atoms with Gasteiger partial charge in [0, 0.05) is 24.0 Å². The van der Waals surface area contributed by atoms with Crippen molar-refractivity contribution < 1.29 is 8.42 Å². The number of nitrogens with one attached hydrogen (secondary N) is 2. The predicted octanol–water partition coefficient (Wildman–Crippen LogP) is 3.07. The summed E-state index contributed by atoms with van der Waals surface area (Å²) >= 11 is 2.03. The molecule has 1 fully saturated rings. The van der Waals surface area contributed by atoms with Crippen LogP contribution in [-0.4, -0.2) is 32.5 Å². The maximum atomic E-state index is 12.0. The minimum Gasteiger partial charge on any atom is -0.384 e. The molecule has 1 unspecified atom stereocenters. The Morgan fingerprint density at radius 1 is 1.24 bits per heavy atom. The molecule has 118 valence electrons. The first-order valence-electron chi connectivity index (χ1n) is 7.57. The van der Waals surface area contributed by atoms with Gasteiger partial charge < -0.3 is 5.32 Å². The van der Waals surface area contributed by atoms with Gasteiger partial charge in [0.1, 0.15) is 0 Å². The molecule has 0 saturated carbocycles. The highest BCUT2D eigenvalue weighted by Gasteiger charge is 2.14. The molecule has 1 heterocycles. The molecule has 4 nitrogen and oxygen atoms in total. The lowest BCUT2D eigenvalue weighted by Crippen LogP contribution is -2.24. The second kappa shape index (κ2) is 8.06. The van der Waals surface area contributed by atoms with Crippen LogP contribution >= 0.6 is 11.8 Å². The second-order valence-electron chi connectivity index (χ2n) is 5.29. The van der Waals surface area contributed by atoms with E-state index in [9.17, 15) is 8.42 Å². The van der Waals surface area contributed by atoms with E-state index in [1.807, 2.05) is 30.8 Å². The Morgan fingerprint density at radius 2 is 2.00 bits per heavy atom. The number of hydrogen-bond acceptors (Lipinski definition) is 4. The predicted molar refractivity (Wildman–Crippen MR) is 90.5 cm³/mol. The van der Waals surface area contributed by atoms with Crippen LogP contribution in [0.2, 0.25) is 0 Å². The third-order valence-corrected chi connectivity index (χ3v) is 6.39. The molecule has 1 saturated heterocycles. The van der Waals surface area contributed by atoms with E-state index in [4.69, 9.17) is 0 Å². The van der Waals surface area contributed by atoms with Crippen LogP contribution in [0.3, 0.4) is 0 Å². The van der Waals surface area contributed by atoms with E-state index in [-0.39, 0.29) is 0 Å². The number of benzene rings is 1. The molecule has 0 bridgehead atoms. The Balaban J connectivity index is 1.89. The summed E-state index contributed by atoms with van der Waals surface area (Å²) in [4.78, 5) is 0.327. The van der Waals surface area contributed by atoms with Crippen LogP contribution in [0, 0.1) is 0 Å². The lowest BCUT2D eigenvalue weighted by atomic mass is 10.2. The molecule has 0 aliphatic carbocycles. The van der Waals surface area contributed by atoms with Crippen LogP contribution in [0.5, 0.6) is 0 Å². The first kappa shape index (κ1) is 16.6. The van der Waals surface area contributed by atoms with Gasteiger partial charge in [-0.25, -0.2) is 13.1 Å². The van der Waals surface area contributed by atoms with E-state index in [2.05, 4.69) is 10.0 Å². The Hall–Kier alpha value is -0.720. The van der Waals surface area contributed by atoms with Crippen molar-refractivity contribution in [3.63, 3.8) is 0 Å². The van der Waals surface area contributed by atoms with Crippen molar-refractivity contribution in [2.75, 3.05) is 24.2 Å². The molecule has 0 spiro atoms. The Bertz CT molecular complexity index is 523. The zero-order chi connectivity index (χ0) is 15.1. The first-order chi connectivity index (χ1) is 10.1. The third-order valence-electron chi connectivity index (χ3n) is 3.51. The molecule has 0 amide bonds. The van der Waals surface area contributed by atoms with Crippen molar-refractivity contribution in [1.29, 1.82) is 0 Å². The molecule has 0 radical (unpaired) electrons. The van der Waals surface area contributed by atoms with E-state index in [1.165, 1.54) is 25.0 Å². The molecule has 0 aromatic heterocycles. The van der Waals surface area contributed by atoms with Crippen LogP contribution in [0.1, 0.15) is 32.6 Å². The van der Waals surface area contributed by atoms with Gasteiger partial charge in [0.2, 0.25) is 10.0 Å². The number of thioether (sulfide) groups is 1. The van der Waals surface area contributed by atoms with E-state index < -0.39 is 10.0 Å². The summed E-state index contributed by atoms with van der Waals surface area (Å²) in [5, 5.41) is 4.07. The third kappa shape index (κ3) is 5.20. The average Bonchev–Trinajstić information content (AvgIpc) is 2.52. The average molecular weight is 329 g/mol. The fourth-order valence-corrected chi connectivity index (χ4v) is 4.64. The SMILES string of the molecule is CCCNS(=O)(=O)c1ccc(NCC2CCCCS2)cc1. The standard InChI is InChI=1S/C15H24N2O2S2/c1-2-10-17-21(18,19)15-8-6-13(7-9-15)16-12-14-5-3-4-11-20-14/h6-9,14,16-17H,2-5,10-12H2,1H3. The van der Waals surface area contributed by atoms with Gasteiger partial charge in [-0.15, -0.1) is 0 Å². The fourth-order valence-electron chi connectivity index (χ4n) is 2.27. The highest BCUT2D eigenvalue weighted by atomic mass is 32.2. The number of anilines is 1. The molecule has 1 aliphatic rings. The summed E-state index contributed by atoms with van der Waals surface area (Å²) in [6.07, 6.45) is 4.71. The fraction of sp³-hybridized carbons (Fsp3) is 0.600. The van der Waals surface area contributed by atoms with Gasteiger partial charge in [0.25, 0.3) is 0 Å². The van der Waals surface area contributed by atoms with Crippen LogP contribution in [0.25, 0.3) is 0 Å². The molecule has 1 aromatic carbocycles. The molecule has 2 N–H and O–H groups in total. The van der Waals surface area contributed by atoms with Gasteiger partial charge in [-0.05, 0) is 49.3 Å². The molecule has 1 atom stereocenters. The summed E-state index contributed by atoms with van der Waals surface area (Å²) in [6.45, 7) is 3.37. The van der Waals surface area contributed by atoms with Crippen LogP contribution < -0.4 is 10.0 Å². The van der Waals surface area contributed by atoms with Crippen molar-refractivity contribution in [2.24, 2.45) is 0 Å². The zero-order valence-electron chi connectivity index (χ0n) is 12.5. The van der Waals surface area contributed by atoms with Gasteiger partial charge in [-0.1, -0.05) is 13.3 Å². The van der Waals surface area contributed by atoms with E-state index in [0.29, 0.717) is 16.7 Å². The Morgan fingerprint density at radius 3 is 2.62 bits per heavy atom. The quantitative estimate of drug-likeness (QED) is 0.807. The topological polar surface area (TPSA) is 58.2 Å². The first-order valence-corrected chi connectivity index (χ1v) is 10.1. The number of hydrogen-bond donors (Lipinski definition) is 2. The van der Waals surface area contributed by atoms with E-state index >= 15 is 0 Å². The maximum Gasteiger partial charge on any atom is 0.240 e. The molecule has 6 heteroatoms. The monoisotopic (exact) mass is 328 g/mol. The van der Waals surface area contributed by atoms with Gasteiger partial charge in [-0.2, -0.15) is 11.8 Å². The molecule has 2 rings (SSSR count).